The van der Waals surface area contributed by atoms with Crippen molar-refractivity contribution in [3.8, 4) is 0 Å². The van der Waals surface area contributed by atoms with E-state index in [1.54, 1.807) is 0 Å². The molecule has 0 unspecified atom stereocenters. The summed E-state index contributed by atoms with van der Waals surface area (Å²) in [7, 11) is 0. The number of hydrogen-bond acceptors (Lipinski definition) is 1. The fraction of sp³-hybridized carbons (Fsp3) is 0. The molecule has 0 bridgehead atoms. The van der Waals surface area contributed by atoms with E-state index in [4.69, 9.17) is 28.9 Å². The Balaban J connectivity index is 0.00000121. The molecule has 0 atom stereocenters. The van der Waals surface area contributed by atoms with Gasteiger partial charge in [0.1, 0.15) is 0 Å². The van der Waals surface area contributed by atoms with Crippen molar-refractivity contribution in [2.75, 3.05) is 0 Å². The molecule has 0 aliphatic rings. The van der Waals surface area contributed by atoms with Gasteiger partial charge in [-0.3, -0.25) is 0 Å². The topological polar surface area (TPSA) is 40.9 Å². The third kappa shape index (κ3) is 2.96. The monoisotopic (exact) mass is 211 g/mol. The molecule has 0 saturated heterocycles. The predicted molar refractivity (Wildman–Crippen MR) is 45.1 cm³/mol. The fourth-order valence-corrected chi connectivity index (χ4v) is 1.17. The molecule has 1 rings (SSSR count). The SMILES string of the molecule is [NH-]C(=O)c1ccc(Cl)cc1Cl.[Na+]. The molecule has 0 fully saturated rings. The van der Waals surface area contributed by atoms with Crippen LogP contribution < -0.4 is 29.6 Å². The van der Waals surface area contributed by atoms with Gasteiger partial charge in [0.05, 0.1) is 10.9 Å². The van der Waals surface area contributed by atoms with E-state index < -0.39 is 5.91 Å². The average Bonchev–Trinajstić information content (AvgIpc) is 1.85. The Hall–Kier alpha value is 0.270. The number of benzene rings is 1. The Kier molecular flexibility index (Phi) is 5.21. The summed E-state index contributed by atoms with van der Waals surface area (Å²) >= 11 is 11.2. The molecule has 1 amide bonds. The summed E-state index contributed by atoms with van der Waals surface area (Å²) in [6.07, 6.45) is 0. The summed E-state index contributed by atoms with van der Waals surface area (Å²) in [4.78, 5) is 10.5. The van der Waals surface area contributed by atoms with Gasteiger partial charge in [-0.15, -0.1) is 0 Å². The number of amides is 1. The summed E-state index contributed by atoms with van der Waals surface area (Å²) in [6.45, 7) is 0. The van der Waals surface area contributed by atoms with Gasteiger partial charge in [0.25, 0.3) is 0 Å². The third-order valence-corrected chi connectivity index (χ3v) is 1.72. The van der Waals surface area contributed by atoms with Gasteiger partial charge >= 0.3 is 29.6 Å². The van der Waals surface area contributed by atoms with Gasteiger partial charge in [-0.2, -0.15) is 0 Å². The van der Waals surface area contributed by atoms with Crippen LogP contribution in [-0.2, 0) is 0 Å². The molecule has 5 heteroatoms. The van der Waals surface area contributed by atoms with Gasteiger partial charge in [-0.1, -0.05) is 29.3 Å². The molecule has 1 N–H and O–H groups in total. The zero-order valence-corrected chi connectivity index (χ0v) is 9.91. The second kappa shape index (κ2) is 5.10. The second-order valence-corrected chi connectivity index (χ2v) is 2.80. The zero-order valence-electron chi connectivity index (χ0n) is 6.40. The summed E-state index contributed by atoms with van der Waals surface area (Å²) in [5, 5.41) is 0.678. The van der Waals surface area contributed by atoms with Crippen molar-refractivity contribution >= 4 is 29.1 Å². The van der Waals surface area contributed by atoms with Crippen molar-refractivity contribution in [1.82, 2.24) is 0 Å². The molecule has 2 nitrogen and oxygen atoms in total. The normalized spacial score (nSPS) is 8.83. The van der Waals surface area contributed by atoms with Crippen LogP contribution in [0.5, 0.6) is 0 Å². The van der Waals surface area contributed by atoms with Crippen molar-refractivity contribution in [3.63, 3.8) is 0 Å². The van der Waals surface area contributed by atoms with Gasteiger partial charge in [0.15, 0.2) is 0 Å². The van der Waals surface area contributed by atoms with Gasteiger partial charge in [0, 0.05) is 10.6 Å². The Bertz CT molecular complexity index is 303. The van der Waals surface area contributed by atoms with E-state index in [9.17, 15) is 4.79 Å². The zero-order chi connectivity index (χ0) is 8.43. The van der Waals surface area contributed by atoms with Gasteiger partial charge < -0.3 is 10.5 Å². The largest absolute Gasteiger partial charge is 1.00 e. The summed E-state index contributed by atoms with van der Waals surface area (Å²) < 4.78 is 0. The molecule has 0 aliphatic heterocycles. The minimum atomic E-state index is -0.799. The van der Waals surface area contributed by atoms with E-state index in [1.807, 2.05) is 0 Å². The molecular weight excluding hydrogens is 208 g/mol. The Morgan fingerprint density at radius 1 is 1.33 bits per heavy atom. The molecule has 0 saturated carbocycles. The van der Waals surface area contributed by atoms with Crippen molar-refractivity contribution in [2.24, 2.45) is 0 Å². The van der Waals surface area contributed by atoms with Crippen molar-refractivity contribution in [2.45, 2.75) is 0 Å². The maximum absolute atomic E-state index is 10.5. The minimum Gasteiger partial charge on any atom is -0.664 e. The van der Waals surface area contributed by atoms with Crippen LogP contribution >= 0.6 is 23.2 Å². The first-order chi connectivity index (χ1) is 5.11. The van der Waals surface area contributed by atoms with Crippen LogP contribution in [0.4, 0.5) is 0 Å². The van der Waals surface area contributed by atoms with E-state index in [0.29, 0.717) is 5.02 Å². The van der Waals surface area contributed by atoms with Crippen molar-refractivity contribution < 1.29 is 34.4 Å². The maximum Gasteiger partial charge on any atom is 1.00 e. The second-order valence-electron chi connectivity index (χ2n) is 1.95. The van der Waals surface area contributed by atoms with Crippen LogP contribution in [0.25, 0.3) is 5.73 Å². The first-order valence-electron chi connectivity index (χ1n) is 2.82. The van der Waals surface area contributed by atoms with Gasteiger partial charge in [-0.25, -0.2) is 0 Å². The van der Waals surface area contributed by atoms with Crippen LogP contribution in [0.1, 0.15) is 10.4 Å². The molecule has 0 aromatic heterocycles. The average molecular weight is 212 g/mol. The molecule has 0 aliphatic carbocycles. The molecule has 1 aromatic rings. The van der Waals surface area contributed by atoms with E-state index in [0.717, 1.165) is 0 Å². The van der Waals surface area contributed by atoms with Gasteiger partial charge in [-0.05, 0) is 12.1 Å². The van der Waals surface area contributed by atoms with E-state index in [2.05, 4.69) is 0 Å². The standard InChI is InChI=1S/C7H5Cl2NO.Na/c8-4-1-2-5(7(10)11)6(9)3-4;/h1-3H,(H2,10,11);/q;+1/p-1. The summed E-state index contributed by atoms with van der Waals surface area (Å²) in [6, 6.07) is 4.39. The molecule has 58 valence electrons. The van der Waals surface area contributed by atoms with E-state index in [1.165, 1.54) is 18.2 Å². The number of carbonyl (C=O) groups is 1. The molecule has 0 spiro atoms. The quantitative estimate of drug-likeness (QED) is 0.612. The minimum absolute atomic E-state index is 0. The van der Waals surface area contributed by atoms with Crippen LogP contribution in [0.3, 0.4) is 0 Å². The Morgan fingerprint density at radius 3 is 2.33 bits per heavy atom. The predicted octanol–water partition coefficient (Wildman–Crippen LogP) is 0.190. The molecule has 0 radical (unpaired) electrons. The number of hydrogen-bond donors (Lipinski definition) is 0. The van der Waals surface area contributed by atoms with Crippen molar-refractivity contribution in [3.05, 3.63) is 39.5 Å². The molecule has 0 heterocycles. The molecule has 1 aromatic carbocycles. The van der Waals surface area contributed by atoms with Gasteiger partial charge in [0.2, 0.25) is 0 Å². The Labute approximate surface area is 102 Å². The molecule has 12 heavy (non-hydrogen) atoms. The number of carbonyl (C=O) groups excluding carboxylic acids is 1. The fourth-order valence-electron chi connectivity index (χ4n) is 0.674. The van der Waals surface area contributed by atoms with E-state index >= 15 is 0 Å². The van der Waals surface area contributed by atoms with E-state index in [-0.39, 0.29) is 40.1 Å². The van der Waals surface area contributed by atoms with Crippen LogP contribution in [-0.4, -0.2) is 5.91 Å². The Morgan fingerprint density at radius 2 is 1.92 bits per heavy atom. The first-order valence-corrected chi connectivity index (χ1v) is 3.58. The maximum atomic E-state index is 10.5. The number of rotatable bonds is 1. The third-order valence-electron chi connectivity index (χ3n) is 1.18. The smallest absolute Gasteiger partial charge is 0.664 e. The van der Waals surface area contributed by atoms with Crippen LogP contribution in [0.15, 0.2) is 18.2 Å². The number of nitrogens with one attached hydrogen (secondary N) is 1. The van der Waals surface area contributed by atoms with Crippen LogP contribution in [0.2, 0.25) is 10.0 Å². The van der Waals surface area contributed by atoms with Crippen LogP contribution in [0, 0.1) is 0 Å². The molecular formula is C7H4Cl2NNaO. The first kappa shape index (κ1) is 12.3. The summed E-state index contributed by atoms with van der Waals surface area (Å²) in [5.41, 5.74) is 6.94. The van der Waals surface area contributed by atoms with Crippen molar-refractivity contribution in [1.29, 1.82) is 0 Å². The summed E-state index contributed by atoms with van der Waals surface area (Å²) in [5.74, 6) is -0.799. The number of halogens is 2.